The van der Waals surface area contributed by atoms with Crippen LogP contribution in [0.2, 0.25) is 0 Å². The van der Waals surface area contributed by atoms with Gasteiger partial charge in [-0.3, -0.25) is 4.79 Å². The third-order valence-corrected chi connectivity index (χ3v) is 2.50. The number of nitrogens with one attached hydrogen (secondary N) is 1. The van der Waals surface area contributed by atoms with Gasteiger partial charge in [0.15, 0.2) is 0 Å². The summed E-state index contributed by atoms with van der Waals surface area (Å²) >= 11 is 3.55. The zero-order valence-corrected chi connectivity index (χ0v) is 9.94. The predicted molar refractivity (Wildman–Crippen MR) is 61.8 cm³/mol. The first kappa shape index (κ1) is 13.0. The van der Waals surface area contributed by atoms with Gasteiger partial charge in [-0.1, -0.05) is 26.5 Å². The summed E-state index contributed by atoms with van der Waals surface area (Å²) in [4.78, 5) is 10.7. The Morgan fingerprint density at radius 1 is 1.44 bits per heavy atom. The number of amides is 1. The van der Waals surface area contributed by atoms with Crippen LogP contribution >= 0.6 is 12.6 Å². The molecule has 5 heteroatoms. The molecular formula is C11H13F2NOS. The van der Waals surface area contributed by atoms with Crippen molar-refractivity contribution in [1.82, 2.24) is 5.32 Å². The van der Waals surface area contributed by atoms with E-state index < -0.39 is 22.3 Å². The van der Waals surface area contributed by atoms with Crippen molar-refractivity contribution in [2.45, 2.75) is 19.3 Å². The normalized spacial score (nSPS) is 11.3. The lowest BCUT2D eigenvalue weighted by Gasteiger charge is -2.25. The second-order valence-corrected chi connectivity index (χ2v) is 4.57. The highest BCUT2D eigenvalue weighted by Gasteiger charge is 2.25. The van der Waals surface area contributed by atoms with Gasteiger partial charge < -0.3 is 5.32 Å². The summed E-state index contributed by atoms with van der Waals surface area (Å²) in [5.74, 6) is -0.985. The Morgan fingerprint density at radius 2 is 2.06 bits per heavy atom. The van der Waals surface area contributed by atoms with E-state index in [1.54, 1.807) is 13.8 Å². The standard InChI is InChI=1S/C11H13F2NOS/c1-11(2,6-14-10(15)16)8-5-7(12)3-4-9(8)13/h3-5H,6H2,1-2H3,(H2,14,15,16). The molecule has 0 radical (unpaired) electrons. The number of carbonyl (C=O) groups is 1. The summed E-state index contributed by atoms with van der Waals surface area (Å²) in [5.41, 5.74) is -0.459. The number of hydrogen-bond acceptors (Lipinski definition) is 1. The molecule has 0 heterocycles. The van der Waals surface area contributed by atoms with Gasteiger partial charge in [-0.25, -0.2) is 8.78 Å². The number of rotatable bonds is 3. The van der Waals surface area contributed by atoms with Crippen LogP contribution in [0, 0.1) is 11.6 Å². The Kier molecular flexibility index (Phi) is 3.91. The van der Waals surface area contributed by atoms with E-state index in [1.165, 1.54) is 0 Å². The van der Waals surface area contributed by atoms with E-state index in [1.807, 2.05) is 0 Å². The van der Waals surface area contributed by atoms with Gasteiger partial charge in [-0.2, -0.15) is 0 Å². The molecule has 2 nitrogen and oxygen atoms in total. The molecule has 0 aromatic heterocycles. The average Bonchev–Trinajstić information content (AvgIpc) is 2.19. The topological polar surface area (TPSA) is 29.1 Å². The van der Waals surface area contributed by atoms with Gasteiger partial charge in [0.1, 0.15) is 11.6 Å². The molecule has 0 saturated heterocycles. The van der Waals surface area contributed by atoms with Crippen molar-refractivity contribution in [3.05, 3.63) is 35.4 Å². The molecule has 1 N–H and O–H groups in total. The minimum absolute atomic E-state index is 0.190. The molecule has 88 valence electrons. The second-order valence-electron chi connectivity index (χ2n) is 4.17. The molecule has 1 rings (SSSR count). The molecule has 0 aliphatic heterocycles. The molecule has 16 heavy (non-hydrogen) atoms. The van der Waals surface area contributed by atoms with Gasteiger partial charge in [0.05, 0.1) is 0 Å². The zero-order valence-electron chi connectivity index (χ0n) is 9.05. The van der Waals surface area contributed by atoms with Crippen LogP contribution in [0.15, 0.2) is 18.2 Å². The molecule has 1 amide bonds. The van der Waals surface area contributed by atoms with Crippen LogP contribution in [-0.4, -0.2) is 11.8 Å². The molecular weight excluding hydrogens is 232 g/mol. The largest absolute Gasteiger partial charge is 0.346 e. The third-order valence-electron chi connectivity index (χ3n) is 2.34. The minimum Gasteiger partial charge on any atom is -0.346 e. The van der Waals surface area contributed by atoms with Gasteiger partial charge in [-0.05, 0) is 23.8 Å². The Bertz CT molecular complexity index is 407. The fraction of sp³-hybridized carbons (Fsp3) is 0.364. The maximum atomic E-state index is 13.5. The summed E-state index contributed by atoms with van der Waals surface area (Å²) in [7, 11) is 0. The fourth-order valence-electron chi connectivity index (χ4n) is 1.41. The van der Waals surface area contributed by atoms with E-state index >= 15 is 0 Å². The molecule has 0 bridgehead atoms. The zero-order chi connectivity index (χ0) is 12.3. The highest BCUT2D eigenvalue weighted by molar-refractivity contribution is 7.96. The first-order chi connectivity index (χ1) is 7.33. The van der Waals surface area contributed by atoms with Gasteiger partial charge in [0.25, 0.3) is 5.24 Å². The third kappa shape index (κ3) is 3.20. The Labute approximate surface area is 98.5 Å². The van der Waals surface area contributed by atoms with Gasteiger partial charge >= 0.3 is 0 Å². The van der Waals surface area contributed by atoms with E-state index in [2.05, 4.69) is 17.9 Å². The molecule has 0 spiro atoms. The van der Waals surface area contributed by atoms with Crippen molar-refractivity contribution >= 4 is 17.9 Å². The molecule has 0 unspecified atom stereocenters. The molecule has 0 aliphatic carbocycles. The van der Waals surface area contributed by atoms with Crippen molar-refractivity contribution in [2.24, 2.45) is 0 Å². The quantitative estimate of drug-likeness (QED) is 0.788. The van der Waals surface area contributed by atoms with E-state index in [0.29, 0.717) is 0 Å². The van der Waals surface area contributed by atoms with Gasteiger partial charge in [0.2, 0.25) is 0 Å². The first-order valence-electron chi connectivity index (χ1n) is 4.75. The Hall–Kier alpha value is -1.10. The maximum absolute atomic E-state index is 13.5. The van der Waals surface area contributed by atoms with E-state index in [4.69, 9.17) is 0 Å². The smallest absolute Gasteiger partial charge is 0.276 e. The molecule has 0 fully saturated rings. The van der Waals surface area contributed by atoms with E-state index in [0.717, 1.165) is 18.2 Å². The predicted octanol–water partition coefficient (Wildman–Crippen LogP) is 2.88. The van der Waals surface area contributed by atoms with Crippen LogP contribution in [0.4, 0.5) is 13.6 Å². The van der Waals surface area contributed by atoms with Crippen LogP contribution in [-0.2, 0) is 5.41 Å². The lowest BCUT2D eigenvalue weighted by atomic mass is 9.84. The molecule has 0 atom stereocenters. The van der Waals surface area contributed by atoms with Crippen molar-refractivity contribution in [3.8, 4) is 0 Å². The first-order valence-corrected chi connectivity index (χ1v) is 5.20. The van der Waals surface area contributed by atoms with Crippen LogP contribution in [0.25, 0.3) is 0 Å². The fourth-order valence-corrected chi connectivity index (χ4v) is 1.49. The van der Waals surface area contributed by atoms with Crippen molar-refractivity contribution < 1.29 is 13.6 Å². The Morgan fingerprint density at radius 3 is 2.62 bits per heavy atom. The van der Waals surface area contributed by atoms with E-state index in [9.17, 15) is 13.6 Å². The summed E-state index contributed by atoms with van der Waals surface area (Å²) in [5, 5.41) is 1.97. The minimum atomic E-state index is -0.690. The van der Waals surface area contributed by atoms with Crippen molar-refractivity contribution in [3.63, 3.8) is 0 Å². The number of benzene rings is 1. The Balaban J connectivity index is 2.96. The SMILES string of the molecule is CC(C)(CNC(=O)S)c1cc(F)ccc1F. The lowest BCUT2D eigenvalue weighted by molar-refractivity contribution is 0.258. The highest BCUT2D eigenvalue weighted by Crippen LogP contribution is 2.25. The number of thiol groups is 1. The summed E-state index contributed by atoms with van der Waals surface area (Å²) < 4.78 is 26.5. The van der Waals surface area contributed by atoms with E-state index in [-0.39, 0.29) is 12.1 Å². The average molecular weight is 245 g/mol. The van der Waals surface area contributed by atoms with Crippen molar-refractivity contribution in [2.75, 3.05) is 6.54 Å². The number of halogens is 2. The van der Waals surface area contributed by atoms with Gasteiger partial charge in [-0.15, -0.1) is 0 Å². The van der Waals surface area contributed by atoms with Crippen LogP contribution in [0.1, 0.15) is 19.4 Å². The summed E-state index contributed by atoms with van der Waals surface area (Å²) in [6.45, 7) is 3.62. The molecule has 0 aliphatic rings. The monoisotopic (exact) mass is 245 g/mol. The van der Waals surface area contributed by atoms with Crippen LogP contribution in [0.3, 0.4) is 0 Å². The number of hydrogen-bond donors (Lipinski definition) is 2. The second kappa shape index (κ2) is 4.82. The highest BCUT2D eigenvalue weighted by atomic mass is 32.1. The number of carbonyl (C=O) groups excluding carboxylic acids is 1. The van der Waals surface area contributed by atoms with Crippen LogP contribution in [0.5, 0.6) is 0 Å². The lowest BCUT2D eigenvalue weighted by Crippen LogP contribution is -2.35. The van der Waals surface area contributed by atoms with Crippen LogP contribution < -0.4 is 5.32 Å². The molecule has 1 aromatic carbocycles. The summed E-state index contributed by atoms with van der Waals surface area (Å²) in [6, 6.07) is 3.28. The molecule has 0 saturated carbocycles. The van der Waals surface area contributed by atoms with Gasteiger partial charge in [0, 0.05) is 12.0 Å². The summed E-state index contributed by atoms with van der Waals surface area (Å²) in [6.07, 6.45) is 0. The maximum Gasteiger partial charge on any atom is 0.276 e. The van der Waals surface area contributed by atoms with Crippen molar-refractivity contribution in [1.29, 1.82) is 0 Å². The molecule has 1 aromatic rings.